The van der Waals surface area contributed by atoms with Crippen LogP contribution in [-0.4, -0.2) is 59.6 Å². The lowest BCUT2D eigenvalue weighted by Gasteiger charge is -2.20. The average molecular weight is 797 g/mol. The highest BCUT2D eigenvalue weighted by atomic mass is 16.5. The molecule has 0 saturated heterocycles. The number of nitrogens with one attached hydrogen (secondary N) is 2. The molecule has 10 heteroatoms. The Labute approximate surface area is 344 Å². The number of ether oxygens (including phenoxy) is 4. The van der Waals surface area contributed by atoms with E-state index in [0.29, 0.717) is 95.5 Å². The SMILES string of the molecule is CCCCOCCOc1cc2c(=O)cc3[nH]c4ccccc4nc-3c2c2c1ccc1ccc3c(OCCOCCCC)cc4c(=O)cc5[nH]c6ccccc6nc-5c4c3c12. The molecule has 0 fully saturated rings. The maximum Gasteiger partial charge on any atom is 0.188 e. The van der Waals surface area contributed by atoms with Gasteiger partial charge in [0.15, 0.2) is 10.9 Å². The van der Waals surface area contributed by atoms with E-state index in [9.17, 15) is 9.59 Å². The molecule has 300 valence electrons. The second kappa shape index (κ2) is 15.9. The normalized spacial score (nSPS) is 12.1. The first-order valence-electron chi connectivity index (χ1n) is 20.9. The molecule has 0 unspecified atom stereocenters. The summed E-state index contributed by atoms with van der Waals surface area (Å²) in [5.41, 5.74) is 5.39. The number of aromatic nitrogens is 4. The first kappa shape index (κ1) is 37.6. The average Bonchev–Trinajstić information content (AvgIpc) is 3.27. The third-order valence-corrected chi connectivity index (χ3v) is 11.4. The first-order chi connectivity index (χ1) is 29.5. The van der Waals surface area contributed by atoms with Crippen LogP contribution in [0.25, 0.3) is 98.7 Å². The number of nitrogens with zero attached hydrogens (tertiary/aromatic N) is 2. The zero-order valence-corrected chi connectivity index (χ0v) is 33.7. The van der Waals surface area contributed by atoms with Crippen LogP contribution < -0.4 is 20.3 Å². The van der Waals surface area contributed by atoms with Crippen molar-refractivity contribution < 1.29 is 18.9 Å². The van der Waals surface area contributed by atoms with Crippen LogP contribution in [0.4, 0.5) is 0 Å². The van der Waals surface area contributed by atoms with Gasteiger partial charge >= 0.3 is 0 Å². The summed E-state index contributed by atoms with van der Waals surface area (Å²) in [6, 6.07) is 30.8. The lowest BCUT2D eigenvalue weighted by atomic mass is 9.87. The summed E-state index contributed by atoms with van der Waals surface area (Å²) >= 11 is 0. The topological polar surface area (TPSA) is 128 Å². The fraction of sp³-hybridized carbons (Fsp3) is 0.240. The molecule has 6 aromatic rings. The van der Waals surface area contributed by atoms with Gasteiger partial charge in [-0.1, -0.05) is 63.1 Å². The minimum absolute atomic E-state index is 0.166. The quantitative estimate of drug-likeness (QED) is 0.0632. The van der Waals surface area contributed by atoms with E-state index in [4.69, 9.17) is 28.9 Å². The first-order valence-corrected chi connectivity index (χ1v) is 20.9. The summed E-state index contributed by atoms with van der Waals surface area (Å²) in [4.78, 5) is 46.2. The van der Waals surface area contributed by atoms with Gasteiger partial charge in [0.05, 0.1) is 58.1 Å². The summed E-state index contributed by atoms with van der Waals surface area (Å²) in [7, 11) is 0. The van der Waals surface area contributed by atoms with Crippen LogP contribution >= 0.6 is 0 Å². The van der Waals surface area contributed by atoms with Crippen molar-refractivity contribution in [1.29, 1.82) is 0 Å². The van der Waals surface area contributed by atoms with Crippen LogP contribution in [0, 0.1) is 0 Å². The Morgan fingerprint density at radius 1 is 0.483 bits per heavy atom. The molecule has 60 heavy (non-hydrogen) atoms. The van der Waals surface area contributed by atoms with Crippen molar-refractivity contribution in [3.8, 4) is 34.3 Å². The number of para-hydroxylation sites is 4. The Hall–Kier alpha value is -6.62. The molecule has 6 aromatic carbocycles. The molecule has 0 atom stereocenters. The molecular weight excluding hydrogens is 753 g/mol. The second-order valence-corrected chi connectivity index (χ2v) is 15.3. The zero-order valence-electron chi connectivity index (χ0n) is 33.7. The van der Waals surface area contributed by atoms with E-state index in [-0.39, 0.29) is 10.9 Å². The maximum absolute atomic E-state index is 14.4. The van der Waals surface area contributed by atoms with Gasteiger partial charge in [0.25, 0.3) is 0 Å². The number of hydrogen-bond acceptors (Lipinski definition) is 8. The van der Waals surface area contributed by atoms with Crippen molar-refractivity contribution in [2.45, 2.75) is 39.5 Å². The van der Waals surface area contributed by atoms with Crippen molar-refractivity contribution in [2.75, 3.05) is 39.6 Å². The maximum atomic E-state index is 14.4. The molecular formula is C50H44N4O6. The van der Waals surface area contributed by atoms with Gasteiger partial charge < -0.3 is 28.9 Å². The van der Waals surface area contributed by atoms with Crippen molar-refractivity contribution in [1.82, 2.24) is 19.9 Å². The van der Waals surface area contributed by atoms with E-state index >= 15 is 0 Å². The standard InChI is InChI=1S/C50H44N4O6/c1-3-5-19-57-21-23-59-42-25-32-40(55)27-38-49(53-36-13-9-7-11-34(36)51-38)47(32)45-30(42)17-15-29-16-18-31-43(60-24-22-58-20-6-4-2)26-33-41(56)28-39-50(48(33)46(31)44(29)45)54-37-14-10-8-12-35(37)52-39/h7-18,25-28,51-52H,3-6,19-24H2,1-2H3. The molecule has 4 aliphatic rings. The summed E-state index contributed by atoms with van der Waals surface area (Å²) in [6.45, 7) is 6.98. The number of benzene rings is 8. The van der Waals surface area contributed by atoms with Crippen molar-refractivity contribution >= 4 is 75.9 Å². The fourth-order valence-corrected chi connectivity index (χ4v) is 8.55. The van der Waals surface area contributed by atoms with Gasteiger partial charge in [-0.05, 0) is 72.1 Å². The number of unbranched alkanes of at least 4 members (excludes halogenated alkanes) is 2. The van der Waals surface area contributed by atoms with Gasteiger partial charge in [-0.3, -0.25) is 9.59 Å². The lowest BCUT2D eigenvalue weighted by molar-refractivity contribution is 0.0986. The molecule has 2 aliphatic heterocycles. The van der Waals surface area contributed by atoms with E-state index < -0.39 is 0 Å². The highest BCUT2D eigenvalue weighted by Gasteiger charge is 2.25. The summed E-state index contributed by atoms with van der Waals surface area (Å²) in [6.07, 6.45) is 4.02. The molecule has 0 bridgehead atoms. The van der Waals surface area contributed by atoms with E-state index in [1.165, 1.54) is 0 Å². The van der Waals surface area contributed by atoms with Gasteiger partial charge in [0.2, 0.25) is 0 Å². The third kappa shape index (κ3) is 6.52. The lowest BCUT2D eigenvalue weighted by Crippen LogP contribution is -2.10. The Balaban J connectivity index is 1.36. The van der Waals surface area contributed by atoms with Crippen molar-refractivity contribution in [2.24, 2.45) is 0 Å². The molecule has 2 heterocycles. The van der Waals surface area contributed by atoms with Crippen molar-refractivity contribution in [3.05, 3.63) is 118 Å². The molecule has 2 aliphatic carbocycles. The van der Waals surface area contributed by atoms with Gasteiger partial charge in [0, 0.05) is 68.4 Å². The van der Waals surface area contributed by atoms with E-state index in [0.717, 1.165) is 80.1 Å². The summed E-state index contributed by atoms with van der Waals surface area (Å²) < 4.78 is 24.9. The fourth-order valence-electron chi connectivity index (χ4n) is 8.55. The number of H-pyrrole nitrogens is 2. The monoisotopic (exact) mass is 796 g/mol. The number of rotatable bonds is 14. The van der Waals surface area contributed by atoms with Crippen LogP contribution in [0.3, 0.4) is 0 Å². The molecule has 10 nitrogen and oxygen atoms in total. The second-order valence-electron chi connectivity index (χ2n) is 15.3. The van der Waals surface area contributed by atoms with Gasteiger partial charge in [-0.25, -0.2) is 9.97 Å². The summed E-state index contributed by atoms with van der Waals surface area (Å²) in [5.74, 6) is 1.12. The van der Waals surface area contributed by atoms with Gasteiger partial charge in [-0.2, -0.15) is 0 Å². The van der Waals surface area contributed by atoms with E-state index in [1.807, 2.05) is 60.7 Å². The molecule has 2 N–H and O–H groups in total. The van der Waals surface area contributed by atoms with Gasteiger partial charge in [0.1, 0.15) is 24.7 Å². The third-order valence-electron chi connectivity index (χ3n) is 11.4. The molecule has 0 amide bonds. The molecule has 0 spiro atoms. The van der Waals surface area contributed by atoms with Crippen molar-refractivity contribution in [3.63, 3.8) is 0 Å². The van der Waals surface area contributed by atoms with Crippen LogP contribution in [0.2, 0.25) is 0 Å². The molecule has 10 rings (SSSR count). The zero-order chi connectivity index (χ0) is 40.7. The Morgan fingerprint density at radius 3 is 1.42 bits per heavy atom. The largest absolute Gasteiger partial charge is 0.491 e. The van der Waals surface area contributed by atoms with Crippen LogP contribution in [0.1, 0.15) is 39.5 Å². The number of aromatic amines is 2. The predicted molar refractivity (Wildman–Crippen MR) is 242 cm³/mol. The molecule has 0 radical (unpaired) electrons. The van der Waals surface area contributed by atoms with Gasteiger partial charge in [-0.15, -0.1) is 0 Å². The van der Waals surface area contributed by atoms with E-state index in [1.54, 1.807) is 12.1 Å². The molecule has 0 aromatic heterocycles. The highest BCUT2D eigenvalue weighted by Crippen LogP contribution is 2.47. The number of hydrogen-bond donors (Lipinski definition) is 2. The van der Waals surface area contributed by atoms with Crippen LogP contribution in [0.5, 0.6) is 11.5 Å². The smallest absolute Gasteiger partial charge is 0.188 e. The van der Waals surface area contributed by atoms with E-state index in [2.05, 4.69) is 48.1 Å². The molecule has 0 saturated carbocycles. The Bertz CT molecular complexity index is 3100. The minimum atomic E-state index is -0.166. The number of fused-ring (bicyclic) bond motifs is 15. The minimum Gasteiger partial charge on any atom is -0.491 e. The predicted octanol–water partition coefficient (Wildman–Crippen LogP) is 10.5. The Morgan fingerprint density at radius 2 is 0.950 bits per heavy atom. The Kier molecular flexibility index (Phi) is 9.95. The summed E-state index contributed by atoms with van der Waals surface area (Å²) in [5, 5.41) is 7.24. The highest BCUT2D eigenvalue weighted by molar-refractivity contribution is 6.36. The van der Waals surface area contributed by atoms with Crippen LogP contribution in [0.15, 0.2) is 107 Å². The van der Waals surface area contributed by atoms with Crippen LogP contribution in [-0.2, 0) is 9.47 Å².